The van der Waals surface area contributed by atoms with Crippen LogP contribution >= 0.6 is 24.8 Å². The molecule has 0 radical (unpaired) electrons. The molecule has 2 aromatic carbocycles. The molecule has 0 amide bonds. The highest BCUT2D eigenvalue weighted by molar-refractivity contribution is 5.85. The van der Waals surface area contributed by atoms with Crippen LogP contribution in [0.2, 0.25) is 0 Å². The Morgan fingerprint density at radius 3 is 2.44 bits per heavy atom. The van der Waals surface area contributed by atoms with E-state index in [0.717, 1.165) is 18.8 Å². The van der Waals surface area contributed by atoms with E-state index in [-0.39, 0.29) is 24.8 Å². The molecular weight excluding hydrogens is 359 g/mol. The number of aryl methyl sites for hydroxylation is 2. The number of ether oxygens (including phenoxy) is 1. The largest absolute Gasteiger partial charge is 0.491 e. The lowest BCUT2D eigenvalue weighted by Gasteiger charge is -2.14. The number of anilines is 1. The quantitative estimate of drug-likeness (QED) is 0.576. The number of halogens is 2. The van der Waals surface area contributed by atoms with Gasteiger partial charge in [-0.3, -0.25) is 0 Å². The summed E-state index contributed by atoms with van der Waals surface area (Å²) < 4.78 is 5.52. The summed E-state index contributed by atoms with van der Waals surface area (Å²) >= 11 is 0. The number of hydrogen-bond donors (Lipinski definition) is 3. The van der Waals surface area contributed by atoms with Crippen molar-refractivity contribution in [2.24, 2.45) is 0 Å². The Balaban J connectivity index is 0.00000288. The molecule has 6 heteroatoms. The molecule has 1 atom stereocenters. The fourth-order valence-electron chi connectivity index (χ4n) is 2.25. The van der Waals surface area contributed by atoms with Crippen LogP contribution in [0.15, 0.2) is 48.5 Å². The van der Waals surface area contributed by atoms with Crippen LogP contribution in [-0.4, -0.2) is 37.5 Å². The number of hydrogen-bond acceptors (Lipinski definition) is 4. The highest BCUT2D eigenvalue weighted by Crippen LogP contribution is 2.15. The van der Waals surface area contributed by atoms with Crippen LogP contribution in [0.25, 0.3) is 0 Å². The standard InChI is InChI=1S/C19H26N2O2.2ClH/c1-15-8-9-16(2)19(12-15)21-11-10-20-13-17(22)14-23-18-6-4-3-5-7-18;;/h3-9,12,17,20-22H,10-11,13-14H2,1-2H3;2*1H. The molecule has 0 saturated heterocycles. The minimum atomic E-state index is -0.518. The van der Waals surface area contributed by atoms with E-state index in [2.05, 4.69) is 42.7 Å². The van der Waals surface area contributed by atoms with Gasteiger partial charge in [-0.05, 0) is 43.2 Å². The maximum absolute atomic E-state index is 9.90. The Morgan fingerprint density at radius 1 is 1.00 bits per heavy atom. The highest BCUT2D eigenvalue weighted by Gasteiger charge is 2.04. The number of aliphatic hydroxyl groups excluding tert-OH is 1. The highest BCUT2D eigenvalue weighted by atomic mass is 35.5. The van der Waals surface area contributed by atoms with E-state index in [1.165, 1.54) is 16.8 Å². The first-order chi connectivity index (χ1) is 11.1. The smallest absolute Gasteiger partial charge is 0.119 e. The van der Waals surface area contributed by atoms with E-state index in [9.17, 15) is 5.11 Å². The normalized spacial score (nSPS) is 11.0. The number of benzene rings is 2. The van der Waals surface area contributed by atoms with Crippen molar-refractivity contribution in [3.05, 3.63) is 59.7 Å². The molecule has 0 heterocycles. The van der Waals surface area contributed by atoms with E-state index < -0.39 is 6.10 Å². The maximum atomic E-state index is 9.90. The molecule has 140 valence electrons. The zero-order valence-electron chi connectivity index (χ0n) is 14.7. The molecule has 0 spiro atoms. The van der Waals surface area contributed by atoms with E-state index >= 15 is 0 Å². The second-order valence-corrected chi connectivity index (χ2v) is 5.73. The van der Waals surface area contributed by atoms with Gasteiger partial charge in [0.2, 0.25) is 0 Å². The molecule has 1 unspecified atom stereocenters. The Hall–Kier alpha value is -1.46. The van der Waals surface area contributed by atoms with Crippen LogP contribution in [-0.2, 0) is 0 Å². The fourth-order valence-corrected chi connectivity index (χ4v) is 2.25. The summed E-state index contributed by atoms with van der Waals surface area (Å²) in [4.78, 5) is 0. The summed E-state index contributed by atoms with van der Waals surface area (Å²) in [5.41, 5.74) is 3.66. The third-order valence-corrected chi connectivity index (χ3v) is 3.58. The molecule has 0 aliphatic carbocycles. The van der Waals surface area contributed by atoms with Gasteiger partial charge >= 0.3 is 0 Å². The summed E-state index contributed by atoms with van der Waals surface area (Å²) in [5, 5.41) is 16.5. The van der Waals surface area contributed by atoms with Crippen LogP contribution in [0.4, 0.5) is 5.69 Å². The summed E-state index contributed by atoms with van der Waals surface area (Å²) in [6, 6.07) is 15.9. The molecule has 0 saturated carbocycles. The third-order valence-electron chi connectivity index (χ3n) is 3.58. The van der Waals surface area contributed by atoms with Crippen LogP contribution in [0.5, 0.6) is 5.75 Å². The average molecular weight is 387 g/mol. The zero-order valence-corrected chi connectivity index (χ0v) is 16.3. The van der Waals surface area contributed by atoms with Crippen molar-refractivity contribution in [3.8, 4) is 5.75 Å². The van der Waals surface area contributed by atoms with Crippen LogP contribution in [0.3, 0.4) is 0 Å². The fraction of sp³-hybridized carbons (Fsp3) is 0.368. The van der Waals surface area contributed by atoms with Crippen molar-refractivity contribution in [2.45, 2.75) is 20.0 Å². The van der Waals surface area contributed by atoms with Crippen LogP contribution in [0.1, 0.15) is 11.1 Å². The maximum Gasteiger partial charge on any atom is 0.119 e. The Morgan fingerprint density at radius 2 is 1.72 bits per heavy atom. The van der Waals surface area contributed by atoms with E-state index in [1.807, 2.05) is 30.3 Å². The van der Waals surface area contributed by atoms with Crippen molar-refractivity contribution < 1.29 is 9.84 Å². The summed E-state index contributed by atoms with van der Waals surface area (Å²) in [7, 11) is 0. The lowest BCUT2D eigenvalue weighted by Crippen LogP contribution is -2.34. The molecule has 0 fully saturated rings. The number of nitrogens with one attached hydrogen (secondary N) is 2. The van der Waals surface area contributed by atoms with Crippen molar-refractivity contribution in [2.75, 3.05) is 31.6 Å². The molecule has 0 bridgehead atoms. The first kappa shape index (κ1) is 23.5. The molecule has 25 heavy (non-hydrogen) atoms. The summed E-state index contributed by atoms with van der Waals surface area (Å²) in [6.45, 7) is 6.60. The monoisotopic (exact) mass is 386 g/mol. The Kier molecular flexibility index (Phi) is 12.1. The van der Waals surface area contributed by atoms with Gasteiger partial charge in [0.05, 0.1) is 0 Å². The van der Waals surface area contributed by atoms with Gasteiger partial charge in [-0.1, -0.05) is 30.3 Å². The topological polar surface area (TPSA) is 53.5 Å². The molecule has 0 aliphatic heterocycles. The summed E-state index contributed by atoms with van der Waals surface area (Å²) in [5.74, 6) is 0.781. The van der Waals surface area contributed by atoms with Gasteiger partial charge in [0.25, 0.3) is 0 Å². The van der Waals surface area contributed by atoms with E-state index in [0.29, 0.717) is 13.2 Å². The van der Waals surface area contributed by atoms with Gasteiger partial charge in [0.15, 0.2) is 0 Å². The van der Waals surface area contributed by atoms with Gasteiger partial charge in [-0.25, -0.2) is 0 Å². The number of para-hydroxylation sites is 1. The number of aliphatic hydroxyl groups is 1. The summed E-state index contributed by atoms with van der Waals surface area (Å²) in [6.07, 6.45) is -0.518. The average Bonchev–Trinajstić information content (AvgIpc) is 2.56. The molecule has 2 aromatic rings. The van der Waals surface area contributed by atoms with Crippen molar-refractivity contribution >= 4 is 30.5 Å². The van der Waals surface area contributed by atoms with Crippen molar-refractivity contribution in [1.29, 1.82) is 0 Å². The van der Waals surface area contributed by atoms with Gasteiger partial charge in [0.1, 0.15) is 18.5 Å². The Labute approximate surface area is 162 Å². The van der Waals surface area contributed by atoms with Gasteiger partial charge in [0, 0.05) is 25.3 Å². The van der Waals surface area contributed by atoms with E-state index in [1.54, 1.807) is 0 Å². The first-order valence-electron chi connectivity index (χ1n) is 8.03. The predicted octanol–water partition coefficient (Wildman–Crippen LogP) is 3.59. The van der Waals surface area contributed by atoms with Gasteiger partial charge < -0.3 is 20.5 Å². The minimum Gasteiger partial charge on any atom is -0.491 e. The van der Waals surface area contributed by atoms with Gasteiger partial charge in [-0.15, -0.1) is 24.8 Å². The molecule has 0 aliphatic rings. The van der Waals surface area contributed by atoms with Crippen molar-refractivity contribution in [1.82, 2.24) is 5.32 Å². The van der Waals surface area contributed by atoms with Crippen molar-refractivity contribution in [3.63, 3.8) is 0 Å². The molecule has 0 aromatic heterocycles. The number of rotatable bonds is 9. The van der Waals surface area contributed by atoms with Crippen LogP contribution < -0.4 is 15.4 Å². The SMILES string of the molecule is Cc1ccc(C)c(NCCNCC(O)COc2ccccc2)c1.Cl.Cl. The van der Waals surface area contributed by atoms with Gasteiger partial charge in [-0.2, -0.15) is 0 Å². The Bertz CT molecular complexity index is 597. The molecule has 2 rings (SSSR count). The molecular formula is C19H28Cl2N2O2. The minimum absolute atomic E-state index is 0. The predicted molar refractivity (Wildman–Crippen MR) is 110 cm³/mol. The lowest BCUT2D eigenvalue weighted by molar-refractivity contribution is 0.107. The van der Waals surface area contributed by atoms with E-state index in [4.69, 9.17) is 4.74 Å². The van der Waals surface area contributed by atoms with Crippen LogP contribution in [0, 0.1) is 13.8 Å². The molecule has 3 N–H and O–H groups in total. The second kappa shape index (κ2) is 12.8. The lowest BCUT2D eigenvalue weighted by atomic mass is 10.1. The zero-order chi connectivity index (χ0) is 16.5. The third kappa shape index (κ3) is 8.98. The molecule has 4 nitrogen and oxygen atoms in total. The second-order valence-electron chi connectivity index (χ2n) is 5.73. The first-order valence-corrected chi connectivity index (χ1v) is 8.03.